The van der Waals surface area contributed by atoms with E-state index in [-0.39, 0.29) is 0 Å². The van der Waals surface area contributed by atoms with E-state index in [2.05, 4.69) is 13.8 Å². The molecule has 0 aromatic carbocycles. The average molecular weight is 431 g/mol. The molecule has 0 radical (unpaired) electrons. The highest BCUT2D eigenvalue weighted by molar-refractivity contribution is 4.86. The van der Waals surface area contributed by atoms with Crippen LogP contribution in [0, 0.1) is 35.5 Å². The summed E-state index contributed by atoms with van der Waals surface area (Å²) in [6.07, 6.45) is 35.2. The van der Waals surface area contributed by atoms with E-state index in [0.717, 1.165) is 35.5 Å². The SMILES string of the molecule is CCCCCCCC1CCC(C2CCC(C3CCC(CCCCCC)CC3)CC2)CC1. The maximum absolute atomic E-state index is 2.33. The lowest BCUT2D eigenvalue weighted by Gasteiger charge is -2.41. The van der Waals surface area contributed by atoms with Gasteiger partial charge in [-0.1, -0.05) is 110 Å². The van der Waals surface area contributed by atoms with Gasteiger partial charge in [-0.3, -0.25) is 0 Å². The Labute approximate surface area is 197 Å². The van der Waals surface area contributed by atoms with Gasteiger partial charge < -0.3 is 0 Å². The smallest absolute Gasteiger partial charge is 0.0386 e. The fourth-order valence-electron chi connectivity index (χ4n) is 7.88. The van der Waals surface area contributed by atoms with E-state index >= 15 is 0 Å². The minimum Gasteiger partial charge on any atom is -0.0654 e. The van der Waals surface area contributed by atoms with Gasteiger partial charge in [-0.25, -0.2) is 0 Å². The number of hydrogen-bond donors (Lipinski definition) is 0. The molecule has 0 spiro atoms. The first kappa shape index (κ1) is 25.6. The molecule has 0 heteroatoms. The molecule has 0 aliphatic heterocycles. The Hall–Kier alpha value is 0. The van der Waals surface area contributed by atoms with Crippen LogP contribution in [-0.2, 0) is 0 Å². The van der Waals surface area contributed by atoms with Gasteiger partial charge in [0.05, 0.1) is 0 Å². The molecular weight excluding hydrogens is 372 g/mol. The van der Waals surface area contributed by atoms with Crippen molar-refractivity contribution < 1.29 is 0 Å². The summed E-state index contributed by atoms with van der Waals surface area (Å²) in [6, 6.07) is 0. The van der Waals surface area contributed by atoms with E-state index in [0.29, 0.717) is 0 Å². The lowest BCUT2D eigenvalue weighted by atomic mass is 9.64. The Balaban J connectivity index is 1.24. The molecule has 0 N–H and O–H groups in total. The summed E-state index contributed by atoms with van der Waals surface area (Å²) in [5.74, 6) is 6.61. The van der Waals surface area contributed by atoms with Crippen LogP contribution >= 0.6 is 0 Å². The molecule has 3 saturated carbocycles. The molecule has 0 bridgehead atoms. The van der Waals surface area contributed by atoms with Crippen LogP contribution < -0.4 is 0 Å². The normalized spacial score (nSPS) is 34.6. The Morgan fingerprint density at radius 1 is 0.355 bits per heavy atom. The maximum Gasteiger partial charge on any atom is -0.0386 e. The van der Waals surface area contributed by atoms with Crippen molar-refractivity contribution in [2.75, 3.05) is 0 Å². The molecular formula is C31H58. The quantitative estimate of drug-likeness (QED) is 0.255. The van der Waals surface area contributed by atoms with Crippen LogP contribution in [0.3, 0.4) is 0 Å². The Morgan fingerprint density at radius 3 is 1.00 bits per heavy atom. The monoisotopic (exact) mass is 430 g/mol. The van der Waals surface area contributed by atoms with Crippen molar-refractivity contribution in [2.24, 2.45) is 35.5 Å². The highest BCUT2D eigenvalue weighted by atomic mass is 14.4. The molecule has 0 nitrogen and oxygen atoms in total. The zero-order valence-corrected chi connectivity index (χ0v) is 21.7. The maximum atomic E-state index is 2.33. The van der Waals surface area contributed by atoms with Crippen LogP contribution in [-0.4, -0.2) is 0 Å². The van der Waals surface area contributed by atoms with Crippen LogP contribution in [0.1, 0.15) is 162 Å². The summed E-state index contributed by atoms with van der Waals surface area (Å²) in [6.45, 7) is 4.66. The molecule has 3 aliphatic carbocycles. The third kappa shape index (κ3) is 9.04. The van der Waals surface area contributed by atoms with Crippen molar-refractivity contribution in [1.82, 2.24) is 0 Å². The van der Waals surface area contributed by atoms with Gasteiger partial charge in [0.2, 0.25) is 0 Å². The van der Waals surface area contributed by atoms with Crippen molar-refractivity contribution in [1.29, 1.82) is 0 Å². The summed E-state index contributed by atoms with van der Waals surface area (Å²) >= 11 is 0. The van der Waals surface area contributed by atoms with E-state index in [1.54, 1.807) is 89.9 Å². The summed E-state index contributed by atoms with van der Waals surface area (Å²) in [4.78, 5) is 0. The van der Waals surface area contributed by atoms with Gasteiger partial charge >= 0.3 is 0 Å². The van der Waals surface area contributed by atoms with E-state index in [1.807, 2.05) is 0 Å². The summed E-state index contributed by atoms with van der Waals surface area (Å²) in [5, 5.41) is 0. The molecule has 31 heavy (non-hydrogen) atoms. The van der Waals surface area contributed by atoms with Gasteiger partial charge in [-0.05, 0) is 86.9 Å². The van der Waals surface area contributed by atoms with Crippen molar-refractivity contribution in [2.45, 2.75) is 162 Å². The topological polar surface area (TPSA) is 0 Å². The molecule has 0 aromatic rings. The van der Waals surface area contributed by atoms with Gasteiger partial charge in [0.15, 0.2) is 0 Å². The molecule has 0 atom stereocenters. The lowest BCUT2D eigenvalue weighted by molar-refractivity contribution is 0.102. The molecule has 0 heterocycles. The highest BCUT2D eigenvalue weighted by Crippen LogP contribution is 2.46. The van der Waals surface area contributed by atoms with E-state index in [4.69, 9.17) is 0 Å². The van der Waals surface area contributed by atoms with Crippen LogP contribution in [0.4, 0.5) is 0 Å². The molecule has 0 unspecified atom stereocenters. The van der Waals surface area contributed by atoms with Crippen molar-refractivity contribution >= 4 is 0 Å². The Bertz CT molecular complexity index is 415. The first-order valence-corrected chi connectivity index (χ1v) is 15.3. The molecule has 0 aromatic heterocycles. The molecule has 0 saturated heterocycles. The van der Waals surface area contributed by atoms with E-state index < -0.39 is 0 Å². The fraction of sp³-hybridized carbons (Fsp3) is 1.00. The number of rotatable bonds is 13. The van der Waals surface area contributed by atoms with Crippen LogP contribution in [0.15, 0.2) is 0 Å². The second kappa shape index (κ2) is 15.0. The van der Waals surface area contributed by atoms with E-state index in [1.165, 1.54) is 57.8 Å². The van der Waals surface area contributed by atoms with Crippen LogP contribution in [0.25, 0.3) is 0 Å². The average Bonchev–Trinajstić information content (AvgIpc) is 2.83. The summed E-state index contributed by atoms with van der Waals surface area (Å²) < 4.78 is 0. The summed E-state index contributed by atoms with van der Waals surface area (Å²) in [5.41, 5.74) is 0. The molecule has 3 fully saturated rings. The van der Waals surface area contributed by atoms with Crippen molar-refractivity contribution in [3.63, 3.8) is 0 Å². The van der Waals surface area contributed by atoms with Gasteiger partial charge in [-0.2, -0.15) is 0 Å². The number of hydrogen-bond acceptors (Lipinski definition) is 0. The first-order valence-electron chi connectivity index (χ1n) is 15.3. The molecule has 0 amide bonds. The predicted octanol–water partition coefficient (Wildman–Crippen LogP) is 10.7. The summed E-state index contributed by atoms with van der Waals surface area (Å²) in [7, 11) is 0. The largest absolute Gasteiger partial charge is 0.0654 e. The fourth-order valence-corrected chi connectivity index (χ4v) is 7.88. The second-order valence-corrected chi connectivity index (χ2v) is 12.3. The lowest BCUT2D eigenvalue weighted by Crippen LogP contribution is -2.29. The van der Waals surface area contributed by atoms with Crippen LogP contribution in [0.2, 0.25) is 0 Å². The molecule has 3 rings (SSSR count). The number of unbranched alkanes of at least 4 members (excludes halogenated alkanes) is 7. The van der Waals surface area contributed by atoms with Crippen LogP contribution in [0.5, 0.6) is 0 Å². The molecule has 3 aliphatic rings. The zero-order valence-electron chi connectivity index (χ0n) is 21.7. The van der Waals surface area contributed by atoms with Gasteiger partial charge in [0.1, 0.15) is 0 Å². The predicted molar refractivity (Wildman–Crippen MR) is 138 cm³/mol. The minimum atomic E-state index is 1.09. The highest BCUT2D eigenvalue weighted by Gasteiger charge is 2.34. The van der Waals surface area contributed by atoms with Gasteiger partial charge in [-0.15, -0.1) is 0 Å². The third-order valence-electron chi connectivity index (χ3n) is 10.1. The molecule has 182 valence electrons. The van der Waals surface area contributed by atoms with E-state index in [9.17, 15) is 0 Å². The standard InChI is InChI=1S/C31H58/c1-3-5-7-9-11-13-27-16-20-29(21-17-27)31-24-22-30(23-25-31)28-18-14-26(15-19-28)12-10-8-6-4-2/h26-31H,3-25H2,1-2H3. The Morgan fingerprint density at radius 2 is 0.645 bits per heavy atom. The minimum absolute atomic E-state index is 1.09. The second-order valence-electron chi connectivity index (χ2n) is 12.3. The first-order chi connectivity index (χ1) is 15.3. The van der Waals surface area contributed by atoms with Crippen molar-refractivity contribution in [3.8, 4) is 0 Å². The van der Waals surface area contributed by atoms with Gasteiger partial charge in [0, 0.05) is 0 Å². The van der Waals surface area contributed by atoms with Crippen molar-refractivity contribution in [3.05, 3.63) is 0 Å². The van der Waals surface area contributed by atoms with Gasteiger partial charge in [0.25, 0.3) is 0 Å². The Kier molecular flexibility index (Phi) is 12.4. The third-order valence-corrected chi connectivity index (χ3v) is 10.1. The zero-order chi connectivity index (χ0) is 21.7.